The molecular formula is C14H13BrFN7O7S. The minimum atomic E-state index is -4.24. The van der Waals surface area contributed by atoms with Gasteiger partial charge in [-0.15, -0.1) is 0 Å². The summed E-state index contributed by atoms with van der Waals surface area (Å²) in [4.78, 5) is 23.3. The molecule has 2 aromatic heterocycles. The molecule has 2 heterocycles. The predicted octanol–water partition coefficient (Wildman–Crippen LogP) is -0.175. The van der Waals surface area contributed by atoms with Crippen LogP contribution >= 0.6 is 15.9 Å². The molecule has 1 atom stereocenters. The van der Waals surface area contributed by atoms with E-state index in [-0.39, 0.29) is 40.5 Å². The fourth-order valence-electron chi connectivity index (χ4n) is 2.47. The lowest BCUT2D eigenvalue weighted by molar-refractivity contribution is -0.139. The molecule has 0 spiro atoms. The van der Waals surface area contributed by atoms with E-state index in [1.165, 1.54) is 12.1 Å². The number of carboxylic acids is 1. The van der Waals surface area contributed by atoms with Crippen molar-refractivity contribution in [3.63, 3.8) is 0 Å². The van der Waals surface area contributed by atoms with Gasteiger partial charge in [0.2, 0.25) is 11.6 Å². The Kier molecular flexibility index (Phi) is 6.48. The Morgan fingerprint density at radius 1 is 1.35 bits per heavy atom. The molecule has 0 aliphatic rings. The molecule has 0 saturated heterocycles. The number of benzene rings is 1. The molecule has 0 bridgehead atoms. The van der Waals surface area contributed by atoms with Crippen LogP contribution in [-0.2, 0) is 15.0 Å². The normalized spacial score (nSPS) is 12.6. The third-order valence-electron chi connectivity index (χ3n) is 3.80. The fourth-order valence-corrected chi connectivity index (χ4v) is 3.45. The number of halogens is 2. The zero-order valence-electron chi connectivity index (χ0n) is 15.2. The Morgan fingerprint density at radius 2 is 2.10 bits per heavy atom. The van der Waals surface area contributed by atoms with Gasteiger partial charge in [0, 0.05) is 6.54 Å². The van der Waals surface area contributed by atoms with E-state index in [2.05, 4.69) is 45.9 Å². The summed E-state index contributed by atoms with van der Waals surface area (Å²) in [5.41, 5.74) is 0.129. The van der Waals surface area contributed by atoms with Crippen LogP contribution in [0.2, 0.25) is 0 Å². The van der Waals surface area contributed by atoms with Gasteiger partial charge in [0.25, 0.3) is 10.2 Å². The average molecular weight is 522 g/mol. The van der Waals surface area contributed by atoms with Crippen molar-refractivity contribution >= 4 is 37.9 Å². The van der Waals surface area contributed by atoms with Gasteiger partial charge in [0.05, 0.1) is 10.2 Å². The van der Waals surface area contributed by atoms with Crippen LogP contribution < -0.4 is 20.9 Å². The zero-order chi connectivity index (χ0) is 22.8. The highest BCUT2D eigenvalue weighted by molar-refractivity contribution is 9.10. The van der Waals surface area contributed by atoms with E-state index in [0.717, 1.165) is 10.6 Å². The minimum Gasteiger partial charge on any atom is -0.480 e. The minimum absolute atomic E-state index is 0.0389. The Balaban J connectivity index is 1.84. The highest BCUT2D eigenvalue weighted by atomic mass is 79.9. The first-order valence-corrected chi connectivity index (χ1v) is 10.5. The molecule has 1 aromatic carbocycles. The highest BCUT2D eigenvalue weighted by Gasteiger charge is 2.25. The SMILES string of the molecule is NS(=O)(=O)NC(CCNc1nonc1-c1noc(=O)n1-c1ccc(F)c(Br)c1)C(=O)O. The van der Waals surface area contributed by atoms with Crippen molar-refractivity contribution in [2.45, 2.75) is 12.5 Å². The van der Waals surface area contributed by atoms with Gasteiger partial charge in [-0.25, -0.2) is 23.5 Å². The van der Waals surface area contributed by atoms with E-state index in [1.54, 1.807) is 4.72 Å². The summed E-state index contributed by atoms with van der Waals surface area (Å²) < 4.78 is 47.8. The summed E-state index contributed by atoms with van der Waals surface area (Å²) in [6, 6.07) is 2.23. The first kappa shape index (κ1) is 22.5. The monoisotopic (exact) mass is 521 g/mol. The molecule has 0 aliphatic heterocycles. The molecule has 166 valence electrons. The number of carbonyl (C=O) groups is 1. The number of aromatic nitrogens is 4. The first-order chi connectivity index (χ1) is 14.6. The lowest BCUT2D eigenvalue weighted by Gasteiger charge is -2.12. The van der Waals surface area contributed by atoms with Gasteiger partial charge in [0.1, 0.15) is 11.9 Å². The van der Waals surface area contributed by atoms with Crippen molar-refractivity contribution < 1.29 is 31.9 Å². The van der Waals surface area contributed by atoms with Crippen molar-refractivity contribution in [3.8, 4) is 17.2 Å². The number of carboxylic acid groups (broad SMARTS) is 1. The number of nitrogens with zero attached hydrogens (tertiary/aromatic N) is 4. The topological polar surface area (TPSA) is 208 Å². The molecule has 17 heteroatoms. The molecular weight excluding hydrogens is 509 g/mol. The molecule has 0 aliphatic carbocycles. The van der Waals surface area contributed by atoms with E-state index < -0.39 is 33.8 Å². The van der Waals surface area contributed by atoms with Crippen LogP contribution in [0.15, 0.2) is 36.6 Å². The lowest BCUT2D eigenvalue weighted by atomic mass is 10.2. The van der Waals surface area contributed by atoms with E-state index in [9.17, 15) is 22.4 Å². The number of hydrogen-bond donors (Lipinski definition) is 4. The van der Waals surface area contributed by atoms with Crippen molar-refractivity contribution in [3.05, 3.63) is 39.0 Å². The third kappa shape index (κ3) is 5.32. The third-order valence-corrected chi connectivity index (χ3v) is 5.02. The number of nitrogens with two attached hydrogens (primary N) is 1. The van der Waals surface area contributed by atoms with E-state index >= 15 is 0 Å². The van der Waals surface area contributed by atoms with Gasteiger partial charge in [-0.05, 0) is 50.9 Å². The maximum atomic E-state index is 13.5. The molecule has 3 aromatic rings. The standard InChI is InChI=1S/C14H13BrFN7O7S/c15-7-5-6(1-2-8(7)16)23-12(21-29-14(23)26)10-11(20-30-19-10)18-4-3-9(13(24)25)22-31(17,27)28/h1-2,5,9,22H,3-4H2,(H,18,20)(H,24,25)(H2,17,27,28). The maximum Gasteiger partial charge on any atom is 0.446 e. The van der Waals surface area contributed by atoms with Gasteiger partial charge in [-0.1, -0.05) is 5.16 Å². The quantitative estimate of drug-likeness (QED) is 0.290. The van der Waals surface area contributed by atoms with E-state index in [1.807, 2.05) is 0 Å². The number of hydrogen-bond acceptors (Lipinski definition) is 10. The van der Waals surface area contributed by atoms with Crippen molar-refractivity contribution in [2.24, 2.45) is 5.14 Å². The summed E-state index contributed by atoms with van der Waals surface area (Å²) in [7, 11) is -4.24. The summed E-state index contributed by atoms with van der Waals surface area (Å²) >= 11 is 3.02. The molecule has 0 radical (unpaired) electrons. The zero-order valence-corrected chi connectivity index (χ0v) is 17.6. The summed E-state index contributed by atoms with van der Waals surface area (Å²) in [6.07, 6.45) is -0.228. The predicted molar refractivity (Wildman–Crippen MR) is 104 cm³/mol. The summed E-state index contributed by atoms with van der Waals surface area (Å²) in [6.45, 7) is -0.106. The Labute approximate surface area is 180 Å². The molecule has 0 fully saturated rings. The lowest BCUT2D eigenvalue weighted by Crippen LogP contribution is -2.44. The highest BCUT2D eigenvalue weighted by Crippen LogP contribution is 2.26. The van der Waals surface area contributed by atoms with Crippen LogP contribution in [0.5, 0.6) is 0 Å². The Hall–Kier alpha value is -3.15. The number of nitrogens with one attached hydrogen (secondary N) is 2. The van der Waals surface area contributed by atoms with Gasteiger partial charge in [0.15, 0.2) is 5.69 Å². The van der Waals surface area contributed by atoms with Crippen LogP contribution in [0.3, 0.4) is 0 Å². The van der Waals surface area contributed by atoms with Crippen LogP contribution in [0, 0.1) is 5.82 Å². The summed E-state index contributed by atoms with van der Waals surface area (Å²) in [5.74, 6) is -3.07. The molecule has 0 amide bonds. The molecule has 5 N–H and O–H groups in total. The second kappa shape index (κ2) is 8.92. The van der Waals surface area contributed by atoms with Gasteiger partial charge >= 0.3 is 11.7 Å². The average Bonchev–Trinajstić information content (AvgIpc) is 3.28. The summed E-state index contributed by atoms with van der Waals surface area (Å²) in [5, 5.41) is 27.5. The van der Waals surface area contributed by atoms with Gasteiger partial charge < -0.3 is 10.4 Å². The smallest absolute Gasteiger partial charge is 0.446 e. The first-order valence-electron chi connectivity index (χ1n) is 8.20. The van der Waals surface area contributed by atoms with Gasteiger partial charge in [-0.2, -0.15) is 13.1 Å². The van der Waals surface area contributed by atoms with Crippen molar-refractivity contribution in [1.29, 1.82) is 0 Å². The molecule has 0 saturated carbocycles. The van der Waals surface area contributed by atoms with E-state index in [4.69, 9.17) is 10.2 Å². The fraction of sp³-hybridized carbons (Fsp3) is 0.214. The van der Waals surface area contributed by atoms with Crippen LogP contribution in [-0.4, -0.2) is 52.1 Å². The number of rotatable bonds is 9. The number of aliphatic carboxylic acids is 1. The molecule has 1 unspecified atom stereocenters. The molecule has 31 heavy (non-hydrogen) atoms. The maximum absolute atomic E-state index is 13.5. The van der Waals surface area contributed by atoms with Gasteiger partial charge in [-0.3, -0.25) is 9.32 Å². The van der Waals surface area contributed by atoms with E-state index in [0.29, 0.717) is 0 Å². The Bertz CT molecular complexity index is 1270. The second-order valence-electron chi connectivity index (χ2n) is 5.94. The molecule has 3 rings (SSSR count). The molecule has 14 nitrogen and oxygen atoms in total. The Morgan fingerprint density at radius 3 is 2.74 bits per heavy atom. The van der Waals surface area contributed by atoms with Crippen molar-refractivity contribution in [1.82, 2.24) is 24.8 Å². The van der Waals surface area contributed by atoms with Crippen molar-refractivity contribution in [2.75, 3.05) is 11.9 Å². The van der Waals surface area contributed by atoms with Crippen LogP contribution in [0.4, 0.5) is 10.2 Å². The largest absolute Gasteiger partial charge is 0.480 e. The second-order valence-corrected chi connectivity index (χ2v) is 8.12. The van der Waals surface area contributed by atoms with Crippen LogP contribution in [0.1, 0.15) is 6.42 Å². The van der Waals surface area contributed by atoms with Crippen LogP contribution in [0.25, 0.3) is 17.2 Å². The number of anilines is 1.